The van der Waals surface area contributed by atoms with Gasteiger partial charge < -0.3 is 5.32 Å². The lowest BCUT2D eigenvalue weighted by Crippen LogP contribution is -2.04. The Morgan fingerprint density at radius 2 is 1.62 bits per heavy atom. The van der Waals surface area contributed by atoms with Gasteiger partial charge in [-0.2, -0.15) is 0 Å². The number of benzene rings is 2. The Balaban J connectivity index is 2.17. The summed E-state index contributed by atoms with van der Waals surface area (Å²) in [5.41, 5.74) is 7.01. The number of hydrogen-bond donors (Lipinski definition) is 1. The Morgan fingerprint density at radius 3 is 2.24 bits per heavy atom. The van der Waals surface area contributed by atoms with Crippen molar-refractivity contribution in [2.24, 2.45) is 0 Å². The second kappa shape index (κ2) is 5.95. The van der Waals surface area contributed by atoms with Gasteiger partial charge in [-0.25, -0.2) is 0 Å². The minimum atomic E-state index is -0.371. The summed E-state index contributed by atoms with van der Waals surface area (Å²) in [6.07, 6.45) is 0. The molecule has 1 N–H and O–H groups in total. The van der Waals surface area contributed by atoms with Gasteiger partial charge >= 0.3 is 0 Å². The van der Waals surface area contributed by atoms with Gasteiger partial charge in [-0.05, 0) is 61.6 Å². The molecule has 0 aliphatic rings. The first-order valence-electron chi connectivity index (χ1n) is 6.94. The number of nitro groups is 1. The Labute approximate surface area is 125 Å². The lowest BCUT2D eigenvalue weighted by molar-refractivity contribution is -0.384. The summed E-state index contributed by atoms with van der Waals surface area (Å²) in [6, 6.07) is 9.27. The summed E-state index contributed by atoms with van der Waals surface area (Å²) in [4.78, 5) is 10.4. The highest BCUT2D eigenvalue weighted by Crippen LogP contribution is 2.23. The second-order valence-corrected chi connectivity index (χ2v) is 5.47. The van der Waals surface area contributed by atoms with E-state index in [0.717, 1.165) is 11.3 Å². The maximum absolute atomic E-state index is 10.7. The monoisotopic (exact) mass is 284 g/mol. The van der Waals surface area contributed by atoms with Crippen LogP contribution in [-0.2, 0) is 6.54 Å². The van der Waals surface area contributed by atoms with Crippen LogP contribution in [-0.4, -0.2) is 4.92 Å². The van der Waals surface area contributed by atoms with Crippen LogP contribution in [0.4, 0.5) is 11.4 Å². The predicted octanol–water partition coefficient (Wildman–Crippen LogP) is 4.44. The van der Waals surface area contributed by atoms with Crippen molar-refractivity contribution in [1.82, 2.24) is 0 Å². The van der Waals surface area contributed by atoms with E-state index in [2.05, 4.69) is 38.2 Å². The minimum absolute atomic E-state index is 0.125. The van der Waals surface area contributed by atoms with Gasteiger partial charge in [0.25, 0.3) is 5.69 Å². The average Bonchev–Trinajstić information content (AvgIpc) is 2.42. The van der Waals surface area contributed by atoms with Crippen LogP contribution in [0.25, 0.3) is 0 Å². The molecule has 2 aromatic rings. The van der Waals surface area contributed by atoms with E-state index in [4.69, 9.17) is 0 Å². The highest BCUT2D eigenvalue weighted by atomic mass is 16.6. The molecule has 0 atom stereocenters. The van der Waals surface area contributed by atoms with Crippen LogP contribution in [0.1, 0.15) is 27.8 Å². The van der Waals surface area contributed by atoms with E-state index in [1.54, 1.807) is 12.1 Å². The fourth-order valence-corrected chi connectivity index (χ4v) is 2.36. The first kappa shape index (κ1) is 15.0. The van der Waals surface area contributed by atoms with Crippen molar-refractivity contribution in [3.05, 3.63) is 68.3 Å². The molecule has 0 bridgehead atoms. The van der Waals surface area contributed by atoms with Crippen LogP contribution < -0.4 is 5.32 Å². The van der Waals surface area contributed by atoms with Crippen LogP contribution in [0, 0.1) is 37.8 Å². The van der Waals surface area contributed by atoms with Crippen molar-refractivity contribution < 1.29 is 4.92 Å². The third kappa shape index (κ3) is 3.40. The normalized spacial score (nSPS) is 10.5. The molecule has 0 saturated carbocycles. The molecule has 0 saturated heterocycles. The first-order chi connectivity index (χ1) is 9.88. The number of nitrogens with zero attached hydrogens (tertiary/aromatic N) is 1. The maximum Gasteiger partial charge on any atom is 0.269 e. The molecule has 0 amide bonds. The van der Waals surface area contributed by atoms with E-state index in [1.807, 2.05) is 6.92 Å². The summed E-state index contributed by atoms with van der Waals surface area (Å²) >= 11 is 0. The summed E-state index contributed by atoms with van der Waals surface area (Å²) in [5.74, 6) is 0. The molecule has 2 rings (SSSR count). The van der Waals surface area contributed by atoms with Gasteiger partial charge in [-0.15, -0.1) is 0 Å². The molecule has 2 aromatic carbocycles. The first-order valence-corrected chi connectivity index (χ1v) is 6.94. The molecule has 0 unspecified atom stereocenters. The average molecular weight is 284 g/mol. The highest BCUT2D eigenvalue weighted by Gasteiger charge is 2.08. The maximum atomic E-state index is 10.7. The largest absolute Gasteiger partial charge is 0.381 e. The fraction of sp³-hybridized carbons (Fsp3) is 0.294. The molecule has 0 spiro atoms. The van der Waals surface area contributed by atoms with Gasteiger partial charge in [0.1, 0.15) is 0 Å². The Kier molecular flexibility index (Phi) is 4.26. The minimum Gasteiger partial charge on any atom is -0.381 e. The third-order valence-electron chi connectivity index (χ3n) is 3.84. The van der Waals surface area contributed by atoms with Crippen LogP contribution in [0.2, 0.25) is 0 Å². The van der Waals surface area contributed by atoms with Gasteiger partial charge in [0.2, 0.25) is 0 Å². The van der Waals surface area contributed by atoms with Crippen molar-refractivity contribution in [2.75, 3.05) is 5.32 Å². The zero-order valence-electron chi connectivity index (χ0n) is 12.9. The number of non-ortho nitro benzene ring substituents is 1. The van der Waals surface area contributed by atoms with Crippen LogP contribution in [0.15, 0.2) is 30.3 Å². The Morgan fingerprint density at radius 1 is 0.952 bits per heavy atom. The highest BCUT2D eigenvalue weighted by molar-refractivity contribution is 5.56. The van der Waals surface area contributed by atoms with Crippen molar-refractivity contribution in [2.45, 2.75) is 34.2 Å². The van der Waals surface area contributed by atoms with Crippen LogP contribution in [0.3, 0.4) is 0 Å². The van der Waals surface area contributed by atoms with Crippen molar-refractivity contribution >= 4 is 11.4 Å². The number of anilines is 1. The molecular formula is C17H20N2O2. The number of rotatable bonds is 4. The number of aryl methyl sites for hydroxylation is 4. The summed E-state index contributed by atoms with van der Waals surface area (Å²) in [5, 5.41) is 14.1. The Hall–Kier alpha value is -2.36. The lowest BCUT2D eigenvalue weighted by atomic mass is 10.0. The topological polar surface area (TPSA) is 55.2 Å². The number of hydrogen-bond acceptors (Lipinski definition) is 3. The molecule has 21 heavy (non-hydrogen) atoms. The van der Waals surface area contributed by atoms with Gasteiger partial charge in [-0.3, -0.25) is 10.1 Å². The second-order valence-electron chi connectivity index (χ2n) is 5.47. The molecule has 4 heteroatoms. The smallest absolute Gasteiger partial charge is 0.269 e. The molecule has 110 valence electrons. The van der Waals surface area contributed by atoms with Crippen molar-refractivity contribution in [1.29, 1.82) is 0 Å². The predicted molar refractivity (Wildman–Crippen MR) is 85.8 cm³/mol. The Bertz CT molecular complexity index is 693. The quantitative estimate of drug-likeness (QED) is 0.667. The molecular weight excluding hydrogens is 264 g/mol. The molecule has 0 fully saturated rings. The summed E-state index contributed by atoms with van der Waals surface area (Å²) in [6.45, 7) is 8.91. The zero-order valence-corrected chi connectivity index (χ0v) is 12.9. The third-order valence-corrected chi connectivity index (χ3v) is 3.84. The van der Waals surface area contributed by atoms with Gasteiger partial charge in [-0.1, -0.05) is 12.1 Å². The summed E-state index contributed by atoms with van der Waals surface area (Å²) in [7, 11) is 0. The lowest BCUT2D eigenvalue weighted by Gasteiger charge is -2.13. The van der Waals surface area contributed by atoms with Crippen molar-refractivity contribution in [3.63, 3.8) is 0 Å². The van der Waals surface area contributed by atoms with Gasteiger partial charge in [0.15, 0.2) is 0 Å². The molecule has 0 aliphatic carbocycles. The van der Waals surface area contributed by atoms with Gasteiger partial charge in [0, 0.05) is 24.4 Å². The van der Waals surface area contributed by atoms with E-state index < -0.39 is 0 Å². The summed E-state index contributed by atoms with van der Waals surface area (Å²) < 4.78 is 0. The molecule has 0 aliphatic heterocycles. The SMILES string of the molecule is Cc1cc(C)c(CNc2ccc([N+](=O)[O-])cc2C)cc1C. The van der Waals surface area contributed by atoms with Crippen molar-refractivity contribution in [3.8, 4) is 0 Å². The van der Waals surface area contributed by atoms with E-state index >= 15 is 0 Å². The van der Waals surface area contributed by atoms with Gasteiger partial charge in [0.05, 0.1) is 4.92 Å². The number of nitrogens with one attached hydrogen (secondary N) is 1. The molecule has 0 aromatic heterocycles. The zero-order chi connectivity index (χ0) is 15.6. The fourth-order valence-electron chi connectivity index (χ4n) is 2.36. The van der Waals surface area contributed by atoms with Crippen LogP contribution in [0.5, 0.6) is 0 Å². The number of nitro benzene ring substituents is 1. The molecule has 0 radical (unpaired) electrons. The van der Waals surface area contributed by atoms with E-state index in [-0.39, 0.29) is 10.6 Å². The van der Waals surface area contributed by atoms with E-state index in [1.165, 1.54) is 28.3 Å². The van der Waals surface area contributed by atoms with Crippen LogP contribution >= 0.6 is 0 Å². The standard InChI is InChI=1S/C17H20N2O2/c1-11-7-13(3)15(8-12(11)2)10-18-17-6-5-16(19(20)21)9-14(17)4/h5-9,18H,10H2,1-4H3. The molecule has 4 nitrogen and oxygen atoms in total. The molecule has 0 heterocycles. The van der Waals surface area contributed by atoms with E-state index in [9.17, 15) is 10.1 Å². The van der Waals surface area contributed by atoms with E-state index in [0.29, 0.717) is 6.54 Å².